The van der Waals surface area contributed by atoms with E-state index >= 15 is 0 Å². The second-order valence-electron chi connectivity index (χ2n) is 7.21. The van der Waals surface area contributed by atoms with Crippen molar-refractivity contribution in [3.05, 3.63) is 53.0 Å². The van der Waals surface area contributed by atoms with Gasteiger partial charge < -0.3 is 14.6 Å². The van der Waals surface area contributed by atoms with Crippen LogP contribution in [0.5, 0.6) is 0 Å². The summed E-state index contributed by atoms with van der Waals surface area (Å²) in [6.07, 6.45) is 5.02. The SMILES string of the molecule is O=C(c1n[nH]c2c1COCC2)N1CCCC(c2c[nH]c3ccccc23)C1. The molecule has 0 radical (unpaired) electrons. The second-order valence-corrected chi connectivity index (χ2v) is 7.21. The first-order valence-corrected chi connectivity index (χ1v) is 9.30. The van der Waals surface area contributed by atoms with Crippen LogP contribution in [0.1, 0.15) is 46.1 Å². The van der Waals surface area contributed by atoms with Crippen LogP contribution in [0.2, 0.25) is 0 Å². The lowest BCUT2D eigenvalue weighted by atomic mass is 9.90. The number of nitrogens with one attached hydrogen (secondary N) is 2. The van der Waals surface area contributed by atoms with Gasteiger partial charge in [-0.15, -0.1) is 0 Å². The number of hydrogen-bond acceptors (Lipinski definition) is 3. The van der Waals surface area contributed by atoms with Crippen LogP contribution >= 0.6 is 0 Å². The van der Waals surface area contributed by atoms with Crippen LogP contribution in [0.15, 0.2) is 30.5 Å². The number of carbonyl (C=O) groups excluding carboxylic acids is 1. The van der Waals surface area contributed by atoms with Gasteiger partial charge in [-0.1, -0.05) is 18.2 Å². The Labute approximate surface area is 151 Å². The molecule has 2 aliphatic heterocycles. The molecule has 2 N–H and O–H groups in total. The predicted molar refractivity (Wildman–Crippen MR) is 98.1 cm³/mol. The molecule has 1 unspecified atom stereocenters. The molecule has 2 aliphatic rings. The van der Waals surface area contributed by atoms with E-state index in [-0.39, 0.29) is 5.91 Å². The molecule has 134 valence electrons. The van der Waals surface area contributed by atoms with Crippen molar-refractivity contribution >= 4 is 16.8 Å². The highest BCUT2D eigenvalue weighted by Gasteiger charge is 2.30. The van der Waals surface area contributed by atoms with Crippen molar-refractivity contribution in [1.82, 2.24) is 20.1 Å². The molecule has 3 aromatic rings. The highest BCUT2D eigenvalue weighted by Crippen LogP contribution is 2.33. The number of carbonyl (C=O) groups is 1. The van der Waals surface area contributed by atoms with E-state index in [1.54, 1.807) is 0 Å². The third kappa shape index (κ3) is 2.52. The largest absolute Gasteiger partial charge is 0.376 e. The van der Waals surface area contributed by atoms with E-state index < -0.39 is 0 Å². The van der Waals surface area contributed by atoms with E-state index in [1.807, 2.05) is 11.0 Å². The molecular weight excluding hydrogens is 328 g/mol. The number of piperidine rings is 1. The van der Waals surface area contributed by atoms with Crippen molar-refractivity contribution in [3.8, 4) is 0 Å². The lowest BCUT2D eigenvalue weighted by Gasteiger charge is -2.32. The molecule has 1 atom stereocenters. The minimum absolute atomic E-state index is 0.0255. The third-order valence-electron chi connectivity index (χ3n) is 5.67. The smallest absolute Gasteiger partial charge is 0.274 e. The number of likely N-dealkylation sites (tertiary alicyclic amines) is 1. The maximum atomic E-state index is 13.1. The molecule has 1 saturated heterocycles. The molecule has 2 aromatic heterocycles. The van der Waals surface area contributed by atoms with E-state index in [0.717, 1.165) is 49.1 Å². The molecule has 5 rings (SSSR count). The fraction of sp³-hybridized carbons (Fsp3) is 0.400. The van der Waals surface area contributed by atoms with E-state index in [4.69, 9.17) is 4.74 Å². The standard InChI is InChI=1S/C20H22N4O2/c25-20(19-16-12-26-9-7-18(16)22-23-19)24-8-3-4-13(11-24)15-10-21-17-6-2-1-5-14(15)17/h1-2,5-6,10,13,21H,3-4,7-9,11-12H2,(H,22,23). The van der Waals surface area contributed by atoms with Gasteiger partial charge in [-0.25, -0.2) is 0 Å². The summed E-state index contributed by atoms with van der Waals surface area (Å²) in [5.41, 5.74) is 4.99. The van der Waals surface area contributed by atoms with Crippen LogP contribution in [0, 0.1) is 0 Å². The lowest BCUT2D eigenvalue weighted by molar-refractivity contribution is 0.0689. The Kier molecular flexibility index (Phi) is 3.78. The molecule has 0 bridgehead atoms. The molecule has 6 heteroatoms. The van der Waals surface area contributed by atoms with Gasteiger partial charge in [0.15, 0.2) is 5.69 Å². The molecule has 0 spiro atoms. The zero-order valence-corrected chi connectivity index (χ0v) is 14.6. The van der Waals surface area contributed by atoms with Gasteiger partial charge in [0.2, 0.25) is 0 Å². The van der Waals surface area contributed by atoms with Crippen molar-refractivity contribution in [2.24, 2.45) is 0 Å². The topological polar surface area (TPSA) is 74.0 Å². The number of rotatable bonds is 2. The molecule has 0 aliphatic carbocycles. The Morgan fingerprint density at radius 1 is 1.31 bits per heavy atom. The predicted octanol–water partition coefficient (Wildman–Crippen LogP) is 2.98. The van der Waals surface area contributed by atoms with E-state index in [2.05, 4.69) is 39.6 Å². The second kappa shape index (κ2) is 6.29. The van der Waals surface area contributed by atoms with Gasteiger partial charge in [0.1, 0.15) is 0 Å². The Bertz CT molecular complexity index is 958. The van der Waals surface area contributed by atoms with Crippen LogP contribution in [0.25, 0.3) is 10.9 Å². The van der Waals surface area contributed by atoms with Crippen molar-refractivity contribution in [3.63, 3.8) is 0 Å². The van der Waals surface area contributed by atoms with Crippen LogP contribution in [-0.4, -0.2) is 45.7 Å². The highest BCUT2D eigenvalue weighted by molar-refractivity contribution is 5.94. The van der Waals surface area contributed by atoms with E-state index in [1.165, 1.54) is 10.9 Å². The van der Waals surface area contributed by atoms with Gasteiger partial charge in [-0.3, -0.25) is 9.89 Å². The fourth-order valence-corrected chi connectivity index (χ4v) is 4.29. The first-order valence-electron chi connectivity index (χ1n) is 9.30. The number of ether oxygens (including phenoxy) is 1. The van der Waals surface area contributed by atoms with Crippen LogP contribution in [-0.2, 0) is 17.8 Å². The number of para-hydroxylation sites is 1. The Morgan fingerprint density at radius 3 is 3.19 bits per heavy atom. The summed E-state index contributed by atoms with van der Waals surface area (Å²) in [6, 6.07) is 8.37. The molecular formula is C20H22N4O2. The molecule has 1 amide bonds. The summed E-state index contributed by atoms with van der Waals surface area (Å²) >= 11 is 0. The first-order chi connectivity index (χ1) is 12.8. The summed E-state index contributed by atoms with van der Waals surface area (Å²) in [4.78, 5) is 18.4. The van der Waals surface area contributed by atoms with Crippen LogP contribution in [0.3, 0.4) is 0 Å². The van der Waals surface area contributed by atoms with Gasteiger partial charge in [-0.2, -0.15) is 5.10 Å². The average Bonchev–Trinajstić information content (AvgIpc) is 3.32. The maximum absolute atomic E-state index is 13.1. The molecule has 4 heterocycles. The number of fused-ring (bicyclic) bond motifs is 2. The maximum Gasteiger partial charge on any atom is 0.274 e. The molecule has 26 heavy (non-hydrogen) atoms. The highest BCUT2D eigenvalue weighted by atomic mass is 16.5. The summed E-state index contributed by atoms with van der Waals surface area (Å²) in [6.45, 7) is 2.70. The molecule has 6 nitrogen and oxygen atoms in total. The van der Waals surface area contributed by atoms with Crippen molar-refractivity contribution in [2.45, 2.75) is 31.8 Å². The van der Waals surface area contributed by atoms with Crippen molar-refractivity contribution in [2.75, 3.05) is 19.7 Å². The summed E-state index contributed by atoms with van der Waals surface area (Å²) in [5.74, 6) is 0.382. The number of aromatic amines is 2. The van der Waals surface area contributed by atoms with E-state index in [0.29, 0.717) is 24.8 Å². The normalized spacial score (nSPS) is 20.3. The molecule has 0 saturated carbocycles. The zero-order valence-electron chi connectivity index (χ0n) is 14.6. The Morgan fingerprint density at radius 2 is 2.23 bits per heavy atom. The summed E-state index contributed by atoms with van der Waals surface area (Å²) in [7, 11) is 0. The zero-order chi connectivity index (χ0) is 17.5. The van der Waals surface area contributed by atoms with E-state index in [9.17, 15) is 4.79 Å². The number of nitrogens with zero attached hydrogens (tertiary/aromatic N) is 2. The Hall–Kier alpha value is -2.60. The number of H-pyrrole nitrogens is 2. The van der Waals surface area contributed by atoms with Gasteiger partial charge >= 0.3 is 0 Å². The average molecular weight is 350 g/mol. The summed E-state index contributed by atoms with van der Waals surface area (Å²) in [5, 5.41) is 8.60. The van der Waals surface area contributed by atoms with Crippen LogP contribution in [0.4, 0.5) is 0 Å². The number of hydrogen-bond donors (Lipinski definition) is 2. The Balaban J connectivity index is 1.40. The minimum atomic E-state index is 0.0255. The number of benzene rings is 1. The monoisotopic (exact) mass is 350 g/mol. The number of amides is 1. The molecule has 1 aromatic carbocycles. The van der Waals surface area contributed by atoms with Gasteiger partial charge in [-0.05, 0) is 24.5 Å². The first kappa shape index (κ1) is 15.6. The van der Waals surface area contributed by atoms with Gasteiger partial charge in [0, 0.05) is 53.8 Å². The van der Waals surface area contributed by atoms with Gasteiger partial charge in [0.25, 0.3) is 5.91 Å². The minimum Gasteiger partial charge on any atom is -0.376 e. The van der Waals surface area contributed by atoms with Crippen LogP contribution < -0.4 is 0 Å². The quantitative estimate of drug-likeness (QED) is 0.746. The number of aromatic nitrogens is 3. The summed E-state index contributed by atoms with van der Waals surface area (Å²) < 4.78 is 5.53. The molecule has 1 fully saturated rings. The van der Waals surface area contributed by atoms with Gasteiger partial charge in [0.05, 0.1) is 13.2 Å². The van der Waals surface area contributed by atoms with Crippen molar-refractivity contribution < 1.29 is 9.53 Å². The third-order valence-corrected chi connectivity index (χ3v) is 5.67. The van der Waals surface area contributed by atoms with Crippen molar-refractivity contribution in [1.29, 1.82) is 0 Å². The fourth-order valence-electron chi connectivity index (χ4n) is 4.29. The lowest BCUT2D eigenvalue weighted by Crippen LogP contribution is -2.39.